The maximum absolute atomic E-state index is 12.4. The number of phenols is 2. The van der Waals surface area contributed by atoms with E-state index in [0.29, 0.717) is 34.1 Å². The fourth-order valence-corrected chi connectivity index (χ4v) is 5.82. The molecule has 0 saturated carbocycles. The predicted molar refractivity (Wildman–Crippen MR) is 131 cm³/mol. The van der Waals surface area contributed by atoms with Gasteiger partial charge in [0.05, 0.1) is 67.9 Å². The highest BCUT2D eigenvalue weighted by Gasteiger charge is 2.44. The number of benzene rings is 1. The fourth-order valence-electron chi connectivity index (χ4n) is 4.71. The first kappa shape index (κ1) is 27.6. The lowest BCUT2D eigenvalue weighted by Gasteiger charge is -2.36. The second kappa shape index (κ2) is 10.4. The van der Waals surface area contributed by atoms with Crippen molar-refractivity contribution in [3.63, 3.8) is 0 Å². The number of hydrogen-bond donors (Lipinski definition) is 5. The Bertz CT molecular complexity index is 1380. The molecule has 3 amide bonds. The SMILES string of the molecule is C[N+]1(CCNC(=O)c2ccc(O)c(O)c2Cl)CC[C@@H](c2cc(C(=O)NC[C@H]3CC(=O)N3S(=O)(=O)O)on2)C1. The number of β-lactam (4-membered cyclic amide) rings is 1. The number of aromatic nitrogens is 1. The number of carbonyl (C=O) groups is 3. The molecule has 0 radical (unpaired) electrons. The number of rotatable bonds is 9. The molecule has 1 unspecified atom stereocenters. The highest BCUT2D eigenvalue weighted by atomic mass is 35.5. The van der Waals surface area contributed by atoms with Gasteiger partial charge in [0.15, 0.2) is 11.5 Å². The van der Waals surface area contributed by atoms with Gasteiger partial charge in [-0.3, -0.25) is 18.9 Å². The first-order chi connectivity index (χ1) is 17.8. The van der Waals surface area contributed by atoms with Crippen molar-refractivity contribution < 1.29 is 46.6 Å². The number of carbonyl (C=O) groups excluding carboxylic acids is 3. The number of nitrogens with one attached hydrogen (secondary N) is 2. The van der Waals surface area contributed by atoms with E-state index in [1.807, 2.05) is 7.05 Å². The Morgan fingerprint density at radius 2 is 2.00 bits per heavy atom. The predicted octanol–water partition coefficient (Wildman–Crippen LogP) is 0.237. The summed E-state index contributed by atoms with van der Waals surface area (Å²) in [6, 6.07) is 3.16. The Morgan fingerprint density at radius 1 is 1.26 bits per heavy atom. The van der Waals surface area contributed by atoms with Crippen molar-refractivity contribution in [2.45, 2.75) is 24.8 Å². The van der Waals surface area contributed by atoms with Crippen molar-refractivity contribution in [1.82, 2.24) is 20.1 Å². The molecule has 16 heteroatoms. The van der Waals surface area contributed by atoms with Crippen LogP contribution in [0.25, 0.3) is 0 Å². The Morgan fingerprint density at radius 3 is 2.68 bits per heavy atom. The first-order valence-corrected chi connectivity index (χ1v) is 13.4. The molecule has 0 aliphatic carbocycles. The van der Waals surface area contributed by atoms with Crippen molar-refractivity contribution in [1.29, 1.82) is 0 Å². The summed E-state index contributed by atoms with van der Waals surface area (Å²) in [6.07, 6.45) is 0.647. The van der Waals surface area contributed by atoms with Gasteiger partial charge in [0.2, 0.25) is 11.7 Å². The molecule has 4 rings (SSSR count). The summed E-state index contributed by atoms with van der Waals surface area (Å²) in [5.41, 5.74) is 0.637. The number of nitrogens with zero attached hydrogens (tertiary/aromatic N) is 3. The molecule has 3 heterocycles. The Kier molecular flexibility index (Phi) is 7.56. The molecule has 5 N–H and O–H groups in total. The lowest BCUT2D eigenvalue weighted by molar-refractivity contribution is -0.897. The minimum Gasteiger partial charge on any atom is -0.504 e. The van der Waals surface area contributed by atoms with Gasteiger partial charge in [0.1, 0.15) is 0 Å². The zero-order valence-electron chi connectivity index (χ0n) is 20.3. The maximum atomic E-state index is 12.4. The smallest absolute Gasteiger partial charge is 0.362 e. The summed E-state index contributed by atoms with van der Waals surface area (Å²) in [6.45, 7) is 2.21. The van der Waals surface area contributed by atoms with Crippen molar-refractivity contribution in [3.05, 3.63) is 40.2 Å². The van der Waals surface area contributed by atoms with E-state index in [4.69, 9.17) is 20.7 Å². The monoisotopic (exact) mass is 572 g/mol. The summed E-state index contributed by atoms with van der Waals surface area (Å²) < 4.78 is 37.7. The molecule has 3 atom stereocenters. The Hall–Kier alpha value is -3.40. The van der Waals surface area contributed by atoms with Crippen molar-refractivity contribution in [2.75, 3.05) is 39.8 Å². The van der Waals surface area contributed by atoms with Crippen molar-refractivity contribution in [2.24, 2.45) is 0 Å². The van der Waals surface area contributed by atoms with Gasteiger partial charge < -0.3 is 29.9 Å². The van der Waals surface area contributed by atoms with E-state index in [9.17, 15) is 33.0 Å². The van der Waals surface area contributed by atoms with Crippen molar-refractivity contribution in [3.8, 4) is 11.5 Å². The summed E-state index contributed by atoms with van der Waals surface area (Å²) in [5, 5.41) is 28.2. The average molecular weight is 573 g/mol. The van der Waals surface area contributed by atoms with Crippen LogP contribution in [0.3, 0.4) is 0 Å². The zero-order chi connectivity index (χ0) is 27.8. The van der Waals surface area contributed by atoms with Crippen LogP contribution in [0.5, 0.6) is 11.5 Å². The number of aromatic hydroxyl groups is 2. The van der Waals surface area contributed by atoms with Crippen LogP contribution in [0, 0.1) is 0 Å². The number of halogens is 1. The molecule has 206 valence electrons. The van der Waals surface area contributed by atoms with Crippen LogP contribution < -0.4 is 10.6 Å². The molecular weight excluding hydrogens is 546 g/mol. The minimum atomic E-state index is -4.68. The quantitative estimate of drug-likeness (QED) is 0.120. The molecule has 0 bridgehead atoms. The van der Waals surface area contributed by atoms with E-state index < -0.39 is 45.6 Å². The number of likely N-dealkylation sites (N-methyl/N-ethyl adjacent to an activating group) is 1. The number of likely N-dealkylation sites (tertiary alicyclic amines) is 1. The van der Waals surface area contributed by atoms with Crippen LogP contribution in [0.4, 0.5) is 0 Å². The molecule has 2 aliphatic heterocycles. The van der Waals surface area contributed by atoms with E-state index in [1.54, 1.807) is 0 Å². The molecule has 0 spiro atoms. The van der Waals surface area contributed by atoms with E-state index >= 15 is 0 Å². The van der Waals surface area contributed by atoms with Crippen LogP contribution in [0.1, 0.15) is 45.4 Å². The Balaban J connectivity index is 1.26. The molecule has 1 aromatic heterocycles. The second-order valence-corrected chi connectivity index (χ2v) is 11.3. The van der Waals surface area contributed by atoms with Crippen LogP contribution in [-0.4, -0.2) is 101 Å². The lowest BCUT2D eigenvalue weighted by atomic mass is 10.0. The Labute approximate surface area is 222 Å². The second-order valence-electron chi connectivity index (χ2n) is 9.64. The highest BCUT2D eigenvalue weighted by molar-refractivity contribution is 7.84. The number of amides is 3. The first-order valence-electron chi connectivity index (χ1n) is 11.7. The molecule has 2 aromatic rings. The largest absolute Gasteiger partial charge is 0.504 e. The molecule has 1 aromatic carbocycles. The normalized spacial score (nSPS) is 23.2. The van der Waals surface area contributed by atoms with Gasteiger partial charge in [-0.2, -0.15) is 8.42 Å². The molecule has 2 saturated heterocycles. The summed E-state index contributed by atoms with van der Waals surface area (Å²) >= 11 is 5.94. The molecular formula is C22H27ClN5O9S+. The maximum Gasteiger partial charge on any atom is 0.362 e. The molecule has 2 fully saturated rings. The summed E-state index contributed by atoms with van der Waals surface area (Å²) in [5.74, 6) is -2.89. The third-order valence-electron chi connectivity index (χ3n) is 6.86. The number of phenolic OH excluding ortho intramolecular Hbond substituents is 2. The topological polar surface area (TPSA) is 199 Å². The van der Waals surface area contributed by atoms with E-state index in [-0.39, 0.29) is 35.2 Å². The van der Waals surface area contributed by atoms with E-state index in [1.165, 1.54) is 18.2 Å². The van der Waals surface area contributed by atoms with Crippen molar-refractivity contribution >= 4 is 39.6 Å². The van der Waals surface area contributed by atoms with Gasteiger partial charge in [-0.15, -0.1) is 0 Å². The van der Waals surface area contributed by atoms with Gasteiger partial charge >= 0.3 is 10.3 Å². The van der Waals surface area contributed by atoms with E-state index in [0.717, 1.165) is 13.0 Å². The molecule has 2 aliphatic rings. The minimum absolute atomic E-state index is 0.00349. The molecule has 38 heavy (non-hydrogen) atoms. The van der Waals surface area contributed by atoms with Crippen LogP contribution in [-0.2, 0) is 15.1 Å². The number of quaternary nitrogens is 1. The van der Waals surface area contributed by atoms with Crippen LogP contribution >= 0.6 is 11.6 Å². The zero-order valence-corrected chi connectivity index (χ0v) is 21.8. The average Bonchev–Trinajstić information content (AvgIpc) is 3.46. The van der Waals surface area contributed by atoms with Gasteiger partial charge in [-0.25, -0.2) is 4.31 Å². The fraction of sp³-hybridized carbons (Fsp3) is 0.455. The lowest BCUT2D eigenvalue weighted by Crippen LogP contribution is -2.59. The molecule has 14 nitrogen and oxygen atoms in total. The van der Waals surface area contributed by atoms with Crippen LogP contribution in [0.15, 0.2) is 22.7 Å². The summed E-state index contributed by atoms with van der Waals surface area (Å²) in [7, 11) is -2.65. The van der Waals surface area contributed by atoms with Gasteiger partial charge in [0.25, 0.3) is 11.8 Å². The third kappa shape index (κ3) is 5.70. The van der Waals surface area contributed by atoms with Gasteiger partial charge in [0, 0.05) is 19.0 Å². The van der Waals surface area contributed by atoms with Gasteiger partial charge in [-0.1, -0.05) is 16.8 Å². The van der Waals surface area contributed by atoms with Crippen LogP contribution in [0.2, 0.25) is 5.02 Å². The number of hydrogen-bond acceptors (Lipinski definition) is 9. The summed E-state index contributed by atoms with van der Waals surface area (Å²) in [4.78, 5) is 36.3. The highest BCUT2D eigenvalue weighted by Crippen LogP contribution is 2.35. The van der Waals surface area contributed by atoms with Gasteiger partial charge in [-0.05, 0) is 12.1 Å². The standard InChI is InChI=1S/C22H26ClN5O9S/c1-28(7-5-24-21(32)14-2-3-16(29)20(31)19(14)23)6-4-12(11-28)15-9-17(37-26-15)22(33)25-10-13-8-18(30)27(13)38(34,35)36/h2-3,9,12-13H,4-8,10-11H2,1H3,(H4-,24,25,26,29,31,32,33,34,35,36)/p+1/t12-,13-,28?/m1/s1. The third-order valence-corrected chi connectivity index (χ3v) is 8.24. The van der Waals surface area contributed by atoms with E-state index in [2.05, 4.69) is 15.8 Å².